The number of rotatable bonds is 4. The van der Waals surface area contributed by atoms with Crippen LogP contribution >= 0.6 is 0 Å². The highest BCUT2D eigenvalue weighted by Gasteiger charge is 2.17. The first-order valence-corrected chi connectivity index (χ1v) is 9.22. The van der Waals surface area contributed by atoms with Gasteiger partial charge in [-0.3, -0.25) is 4.79 Å². The van der Waals surface area contributed by atoms with E-state index in [1.165, 1.54) is 22.9 Å². The fourth-order valence-corrected chi connectivity index (χ4v) is 3.07. The van der Waals surface area contributed by atoms with Crippen LogP contribution in [0.2, 0.25) is 0 Å². The van der Waals surface area contributed by atoms with E-state index in [1.807, 2.05) is 6.07 Å². The summed E-state index contributed by atoms with van der Waals surface area (Å²) in [7, 11) is 0. The molecule has 3 aromatic heterocycles. The molecule has 7 nitrogen and oxygen atoms in total. The molecule has 0 fully saturated rings. The molecule has 1 aromatic carbocycles. The number of oxazole rings is 1. The van der Waals surface area contributed by atoms with Gasteiger partial charge in [-0.05, 0) is 42.7 Å². The van der Waals surface area contributed by atoms with Crippen LogP contribution in [-0.4, -0.2) is 25.7 Å². The van der Waals surface area contributed by atoms with Crippen molar-refractivity contribution in [3.8, 4) is 5.69 Å². The van der Waals surface area contributed by atoms with Gasteiger partial charge in [-0.2, -0.15) is 0 Å². The van der Waals surface area contributed by atoms with Crippen molar-refractivity contribution in [2.24, 2.45) is 0 Å². The number of hydrogen-bond acceptors (Lipinski definition) is 5. The number of hydrogen-bond donors (Lipinski definition) is 1. The van der Waals surface area contributed by atoms with Gasteiger partial charge in [0.15, 0.2) is 17.2 Å². The van der Waals surface area contributed by atoms with Gasteiger partial charge in [-0.25, -0.2) is 19.0 Å². The standard InChI is InChI=1S/C21H20FN5O2/c1-11(2)14-7-15-10-27(26-20(15)23-9-14)18-8-16(5-6-17(18)22)25-21(28)19-12(3)29-13(4)24-19/h5-11H,1-4H3,(H,25,28). The maximum atomic E-state index is 14.5. The number of carbonyl (C=O) groups excluding carboxylic acids is 1. The lowest BCUT2D eigenvalue weighted by Crippen LogP contribution is -2.14. The fraction of sp³-hybridized carbons (Fsp3) is 0.238. The topological polar surface area (TPSA) is 85.8 Å². The molecule has 1 N–H and O–H groups in total. The van der Waals surface area contributed by atoms with Crippen LogP contribution < -0.4 is 5.32 Å². The maximum Gasteiger partial charge on any atom is 0.277 e. The number of pyridine rings is 1. The third kappa shape index (κ3) is 3.61. The SMILES string of the molecule is Cc1nc(C(=O)Nc2ccc(F)c(-n3cc4cc(C(C)C)cnc4n3)c2)c(C)o1. The third-order valence-corrected chi connectivity index (χ3v) is 4.62. The van der Waals surface area contributed by atoms with Crippen LogP contribution in [-0.2, 0) is 0 Å². The molecular formula is C21H20FN5O2. The number of fused-ring (bicyclic) bond motifs is 1. The minimum Gasteiger partial charge on any atom is -0.445 e. The summed E-state index contributed by atoms with van der Waals surface area (Å²) in [5, 5.41) is 7.91. The molecule has 0 aliphatic heterocycles. The minimum absolute atomic E-state index is 0.198. The number of halogens is 1. The molecule has 0 saturated heterocycles. The first-order chi connectivity index (χ1) is 13.8. The lowest BCUT2D eigenvalue weighted by molar-refractivity contribution is 0.102. The third-order valence-electron chi connectivity index (χ3n) is 4.62. The molecule has 4 rings (SSSR count). The van der Waals surface area contributed by atoms with Crippen molar-refractivity contribution in [3.63, 3.8) is 0 Å². The zero-order chi connectivity index (χ0) is 20.7. The zero-order valence-electron chi connectivity index (χ0n) is 16.5. The first kappa shape index (κ1) is 18.8. The highest BCUT2D eigenvalue weighted by Crippen LogP contribution is 2.23. The molecule has 3 heterocycles. The van der Waals surface area contributed by atoms with Gasteiger partial charge in [-0.1, -0.05) is 13.8 Å². The van der Waals surface area contributed by atoms with Crippen molar-refractivity contribution < 1.29 is 13.6 Å². The summed E-state index contributed by atoms with van der Waals surface area (Å²) >= 11 is 0. The molecule has 8 heteroatoms. The second-order valence-electron chi connectivity index (χ2n) is 7.17. The number of nitrogens with one attached hydrogen (secondary N) is 1. The van der Waals surface area contributed by atoms with Gasteiger partial charge >= 0.3 is 0 Å². The Hall–Kier alpha value is -3.55. The monoisotopic (exact) mass is 393 g/mol. The summed E-state index contributed by atoms with van der Waals surface area (Å²) in [6.07, 6.45) is 3.50. The number of amides is 1. The van der Waals surface area contributed by atoms with Crippen molar-refractivity contribution >= 4 is 22.6 Å². The average molecular weight is 393 g/mol. The summed E-state index contributed by atoms with van der Waals surface area (Å²) in [6.45, 7) is 7.49. The van der Waals surface area contributed by atoms with E-state index in [9.17, 15) is 9.18 Å². The Kier molecular flexibility index (Phi) is 4.62. The van der Waals surface area contributed by atoms with Crippen LogP contribution in [0.4, 0.5) is 10.1 Å². The molecule has 0 unspecified atom stereocenters. The zero-order valence-corrected chi connectivity index (χ0v) is 16.5. The van der Waals surface area contributed by atoms with Crippen molar-refractivity contribution in [1.82, 2.24) is 19.7 Å². The normalized spacial score (nSPS) is 11.4. The Bertz CT molecular complexity index is 1230. The maximum absolute atomic E-state index is 14.5. The van der Waals surface area contributed by atoms with E-state index in [-0.39, 0.29) is 11.4 Å². The molecule has 0 aliphatic carbocycles. The quantitative estimate of drug-likeness (QED) is 0.550. The predicted octanol–water partition coefficient (Wildman–Crippen LogP) is 4.54. The van der Waals surface area contributed by atoms with Crippen LogP contribution in [0.5, 0.6) is 0 Å². The van der Waals surface area contributed by atoms with Gasteiger partial charge in [0.05, 0.1) is 0 Å². The molecule has 0 atom stereocenters. The summed E-state index contributed by atoms with van der Waals surface area (Å²) in [5.41, 5.74) is 2.43. The van der Waals surface area contributed by atoms with E-state index >= 15 is 0 Å². The number of anilines is 1. The lowest BCUT2D eigenvalue weighted by Gasteiger charge is -2.08. The fourth-order valence-electron chi connectivity index (χ4n) is 3.07. The van der Waals surface area contributed by atoms with Crippen molar-refractivity contribution in [2.45, 2.75) is 33.6 Å². The molecule has 0 radical (unpaired) electrons. The van der Waals surface area contributed by atoms with E-state index in [0.717, 1.165) is 10.9 Å². The van der Waals surface area contributed by atoms with Gasteiger partial charge in [0.25, 0.3) is 5.91 Å². The second-order valence-corrected chi connectivity index (χ2v) is 7.17. The van der Waals surface area contributed by atoms with Crippen LogP contribution in [0, 0.1) is 19.7 Å². The van der Waals surface area contributed by atoms with Crippen molar-refractivity contribution in [3.05, 3.63) is 65.4 Å². The number of aromatic nitrogens is 4. The van der Waals surface area contributed by atoms with E-state index < -0.39 is 11.7 Å². The number of carbonyl (C=O) groups is 1. The van der Waals surface area contributed by atoms with Crippen LogP contribution in [0.25, 0.3) is 16.7 Å². The molecule has 4 aromatic rings. The summed E-state index contributed by atoms with van der Waals surface area (Å²) < 4.78 is 21.2. The molecule has 1 amide bonds. The van der Waals surface area contributed by atoms with Gasteiger partial charge in [0, 0.05) is 30.4 Å². The number of nitrogens with zero attached hydrogens (tertiary/aromatic N) is 4. The van der Waals surface area contributed by atoms with Crippen molar-refractivity contribution in [2.75, 3.05) is 5.32 Å². The predicted molar refractivity (Wildman–Crippen MR) is 107 cm³/mol. The van der Waals surface area contributed by atoms with E-state index in [4.69, 9.17) is 4.42 Å². The highest BCUT2D eigenvalue weighted by atomic mass is 19.1. The van der Waals surface area contributed by atoms with Gasteiger partial charge < -0.3 is 9.73 Å². The molecule has 0 saturated carbocycles. The number of aryl methyl sites for hydroxylation is 2. The highest BCUT2D eigenvalue weighted by molar-refractivity contribution is 6.03. The Balaban J connectivity index is 1.67. The second kappa shape index (κ2) is 7.12. The minimum atomic E-state index is -0.464. The summed E-state index contributed by atoms with van der Waals surface area (Å²) in [5.74, 6) is 0.268. The first-order valence-electron chi connectivity index (χ1n) is 9.22. The van der Waals surface area contributed by atoms with E-state index in [1.54, 1.807) is 26.2 Å². The molecule has 0 bridgehead atoms. The van der Waals surface area contributed by atoms with E-state index in [0.29, 0.717) is 28.9 Å². The van der Waals surface area contributed by atoms with Crippen molar-refractivity contribution in [1.29, 1.82) is 0 Å². The van der Waals surface area contributed by atoms with Crippen LogP contribution in [0.1, 0.15) is 47.5 Å². The molecule has 0 spiro atoms. The molecule has 0 aliphatic rings. The smallest absolute Gasteiger partial charge is 0.277 e. The summed E-state index contributed by atoms with van der Waals surface area (Å²) in [4.78, 5) is 20.9. The van der Waals surface area contributed by atoms with Gasteiger partial charge in [-0.15, -0.1) is 5.10 Å². The molecule has 148 valence electrons. The molecule has 29 heavy (non-hydrogen) atoms. The Morgan fingerprint density at radius 2 is 2.03 bits per heavy atom. The average Bonchev–Trinajstić information content (AvgIpc) is 3.24. The lowest BCUT2D eigenvalue weighted by atomic mass is 10.1. The van der Waals surface area contributed by atoms with Gasteiger partial charge in [0.2, 0.25) is 0 Å². The van der Waals surface area contributed by atoms with Gasteiger partial charge in [0.1, 0.15) is 17.3 Å². The van der Waals surface area contributed by atoms with E-state index in [2.05, 4.69) is 34.2 Å². The van der Waals surface area contributed by atoms with Crippen LogP contribution in [0.3, 0.4) is 0 Å². The largest absolute Gasteiger partial charge is 0.445 e. The summed E-state index contributed by atoms with van der Waals surface area (Å²) in [6, 6.07) is 6.28. The molecular weight excluding hydrogens is 373 g/mol. The Morgan fingerprint density at radius 1 is 1.24 bits per heavy atom. The Labute approximate surface area is 166 Å². The van der Waals surface area contributed by atoms with Crippen LogP contribution in [0.15, 0.2) is 41.1 Å². The Morgan fingerprint density at radius 3 is 2.72 bits per heavy atom. The number of benzene rings is 1.